The molecule has 0 heterocycles. The molecule has 0 radical (unpaired) electrons. The van der Waals surface area contributed by atoms with Crippen molar-refractivity contribution < 1.29 is 9.90 Å². The minimum atomic E-state index is -0.133. The quantitative estimate of drug-likeness (QED) is 0.726. The van der Waals surface area contributed by atoms with Crippen molar-refractivity contribution in [2.24, 2.45) is 0 Å². The third-order valence-corrected chi connectivity index (χ3v) is 3.83. The van der Waals surface area contributed by atoms with Crippen molar-refractivity contribution in [2.75, 3.05) is 19.7 Å². The summed E-state index contributed by atoms with van der Waals surface area (Å²) >= 11 is 0. The van der Waals surface area contributed by atoms with Crippen molar-refractivity contribution in [3.8, 4) is 0 Å². The molecule has 0 bridgehead atoms. The van der Waals surface area contributed by atoms with Gasteiger partial charge < -0.3 is 10.4 Å². The summed E-state index contributed by atoms with van der Waals surface area (Å²) in [6, 6.07) is 0.333. The van der Waals surface area contributed by atoms with Crippen LogP contribution in [-0.4, -0.2) is 47.7 Å². The molecule has 0 aromatic heterocycles. The maximum Gasteiger partial charge on any atom is 0.237 e. The van der Waals surface area contributed by atoms with Gasteiger partial charge in [0, 0.05) is 19.1 Å². The van der Waals surface area contributed by atoms with Crippen LogP contribution in [0.4, 0.5) is 0 Å². The van der Waals surface area contributed by atoms with E-state index in [2.05, 4.69) is 17.1 Å². The summed E-state index contributed by atoms with van der Waals surface area (Å²) in [5.74, 6) is 0.0934. The van der Waals surface area contributed by atoms with Gasteiger partial charge in [-0.1, -0.05) is 26.2 Å². The van der Waals surface area contributed by atoms with Crippen molar-refractivity contribution in [3.63, 3.8) is 0 Å². The number of amides is 1. The molecule has 1 rings (SSSR count). The van der Waals surface area contributed by atoms with E-state index in [1.807, 2.05) is 6.92 Å². The van der Waals surface area contributed by atoms with E-state index >= 15 is 0 Å². The number of nitrogens with zero attached hydrogens (tertiary/aromatic N) is 1. The number of aliphatic hydroxyl groups excluding tert-OH is 1. The third kappa shape index (κ3) is 4.58. The fraction of sp³-hybridized carbons (Fsp3) is 0.929. The zero-order chi connectivity index (χ0) is 13.4. The Morgan fingerprint density at radius 1 is 1.39 bits per heavy atom. The highest BCUT2D eigenvalue weighted by Crippen LogP contribution is 2.24. The van der Waals surface area contributed by atoms with Crippen molar-refractivity contribution >= 4 is 5.91 Å². The Morgan fingerprint density at radius 3 is 2.61 bits per heavy atom. The topological polar surface area (TPSA) is 52.6 Å². The maximum atomic E-state index is 12.0. The summed E-state index contributed by atoms with van der Waals surface area (Å²) in [4.78, 5) is 14.2. The van der Waals surface area contributed by atoms with Crippen molar-refractivity contribution in [1.29, 1.82) is 0 Å². The molecule has 0 aliphatic heterocycles. The van der Waals surface area contributed by atoms with Gasteiger partial charge in [0.1, 0.15) is 0 Å². The molecule has 1 saturated carbocycles. The van der Waals surface area contributed by atoms with Crippen LogP contribution in [0.5, 0.6) is 0 Å². The number of carbonyl (C=O) groups is 1. The van der Waals surface area contributed by atoms with Crippen LogP contribution in [0.3, 0.4) is 0 Å². The van der Waals surface area contributed by atoms with E-state index in [9.17, 15) is 9.90 Å². The molecule has 1 fully saturated rings. The Kier molecular flexibility index (Phi) is 7.28. The molecule has 4 nitrogen and oxygen atoms in total. The molecule has 4 heteroatoms. The van der Waals surface area contributed by atoms with E-state index in [4.69, 9.17) is 0 Å². The van der Waals surface area contributed by atoms with Crippen molar-refractivity contribution in [3.05, 3.63) is 0 Å². The van der Waals surface area contributed by atoms with Crippen LogP contribution >= 0.6 is 0 Å². The highest BCUT2D eigenvalue weighted by molar-refractivity contribution is 5.81. The number of aliphatic hydroxyl groups is 1. The molecule has 1 amide bonds. The van der Waals surface area contributed by atoms with E-state index < -0.39 is 0 Å². The zero-order valence-corrected chi connectivity index (χ0v) is 11.8. The van der Waals surface area contributed by atoms with Gasteiger partial charge in [-0.3, -0.25) is 9.69 Å². The molecule has 0 aromatic rings. The fourth-order valence-electron chi connectivity index (χ4n) is 2.77. The van der Waals surface area contributed by atoms with Gasteiger partial charge in [0.15, 0.2) is 0 Å². The number of carbonyl (C=O) groups excluding carboxylic acids is 1. The second-order valence-electron chi connectivity index (χ2n) is 5.22. The molecule has 106 valence electrons. The van der Waals surface area contributed by atoms with E-state index in [1.54, 1.807) is 0 Å². The predicted octanol–water partition coefficient (Wildman–Crippen LogP) is 1.53. The largest absolute Gasteiger partial charge is 0.395 e. The van der Waals surface area contributed by atoms with Crippen LogP contribution in [0.15, 0.2) is 0 Å². The lowest BCUT2D eigenvalue weighted by atomic mass is 9.93. The van der Waals surface area contributed by atoms with Crippen LogP contribution in [0, 0.1) is 0 Å². The third-order valence-electron chi connectivity index (χ3n) is 3.83. The van der Waals surface area contributed by atoms with Crippen LogP contribution in [0.2, 0.25) is 0 Å². The minimum absolute atomic E-state index is 0.0934. The Balaban J connectivity index is 2.55. The lowest BCUT2D eigenvalue weighted by molar-refractivity contribution is -0.127. The highest BCUT2D eigenvalue weighted by atomic mass is 16.3. The van der Waals surface area contributed by atoms with E-state index in [1.165, 1.54) is 19.3 Å². The summed E-state index contributed by atoms with van der Waals surface area (Å²) in [5, 5.41) is 12.1. The molecular weight excluding hydrogens is 228 g/mol. The van der Waals surface area contributed by atoms with E-state index in [0.717, 1.165) is 25.8 Å². The van der Waals surface area contributed by atoms with E-state index in [0.29, 0.717) is 12.6 Å². The molecule has 18 heavy (non-hydrogen) atoms. The number of hydrogen-bond acceptors (Lipinski definition) is 3. The van der Waals surface area contributed by atoms with Crippen molar-refractivity contribution in [2.45, 2.75) is 64.5 Å². The molecule has 0 spiro atoms. The lowest BCUT2D eigenvalue weighted by Gasteiger charge is -2.37. The Morgan fingerprint density at radius 2 is 2.06 bits per heavy atom. The molecule has 0 saturated heterocycles. The average molecular weight is 256 g/mol. The second kappa shape index (κ2) is 8.48. The SMILES string of the molecule is CCCNC(=O)C(C)N(CCO)C1CCCCC1. The Labute approximate surface area is 111 Å². The van der Waals surface area contributed by atoms with E-state index in [-0.39, 0.29) is 18.6 Å². The van der Waals surface area contributed by atoms with Gasteiger partial charge in [-0.25, -0.2) is 0 Å². The summed E-state index contributed by atoms with van der Waals surface area (Å²) in [6.07, 6.45) is 7.07. The lowest BCUT2D eigenvalue weighted by Crippen LogP contribution is -2.51. The van der Waals surface area contributed by atoms with Gasteiger partial charge in [-0.2, -0.15) is 0 Å². The van der Waals surface area contributed by atoms with Crippen LogP contribution < -0.4 is 5.32 Å². The molecule has 0 aromatic carbocycles. The first-order valence-corrected chi connectivity index (χ1v) is 7.35. The molecule has 1 unspecified atom stereocenters. The zero-order valence-electron chi connectivity index (χ0n) is 11.8. The predicted molar refractivity (Wildman–Crippen MR) is 73.4 cm³/mol. The first-order valence-electron chi connectivity index (χ1n) is 7.35. The standard InChI is InChI=1S/C14H28N2O2/c1-3-9-15-14(18)12(2)16(10-11-17)13-7-5-4-6-8-13/h12-13,17H,3-11H2,1-2H3,(H,15,18). The first-order chi connectivity index (χ1) is 8.70. The summed E-state index contributed by atoms with van der Waals surface area (Å²) < 4.78 is 0. The monoisotopic (exact) mass is 256 g/mol. The maximum absolute atomic E-state index is 12.0. The normalized spacial score (nSPS) is 18.9. The highest BCUT2D eigenvalue weighted by Gasteiger charge is 2.28. The van der Waals surface area contributed by atoms with Crippen LogP contribution in [-0.2, 0) is 4.79 Å². The molecule has 1 aliphatic carbocycles. The molecule has 2 N–H and O–H groups in total. The van der Waals surface area contributed by atoms with Gasteiger partial charge in [0.2, 0.25) is 5.91 Å². The summed E-state index contributed by atoms with van der Waals surface area (Å²) in [6.45, 7) is 5.47. The number of rotatable bonds is 7. The summed E-state index contributed by atoms with van der Waals surface area (Å²) in [5.41, 5.74) is 0. The molecular formula is C14H28N2O2. The number of hydrogen-bond donors (Lipinski definition) is 2. The van der Waals surface area contributed by atoms with Crippen molar-refractivity contribution in [1.82, 2.24) is 10.2 Å². The van der Waals surface area contributed by atoms with Crippen LogP contribution in [0.1, 0.15) is 52.4 Å². The molecule has 1 atom stereocenters. The van der Waals surface area contributed by atoms with Gasteiger partial charge in [-0.05, 0) is 26.2 Å². The second-order valence-corrected chi connectivity index (χ2v) is 5.22. The fourth-order valence-corrected chi connectivity index (χ4v) is 2.77. The van der Waals surface area contributed by atoms with Gasteiger partial charge in [0.05, 0.1) is 12.6 Å². The van der Waals surface area contributed by atoms with Gasteiger partial charge in [0.25, 0.3) is 0 Å². The van der Waals surface area contributed by atoms with Crippen LogP contribution in [0.25, 0.3) is 0 Å². The number of nitrogens with one attached hydrogen (secondary N) is 1. The van der Waals surface area contributed by atoms with Gasteiger partial charge >= 0.3 is 0 Å². The average Bonchev–Trinajstić information content (AvgIpc) is 2.42. The first kappa shape index (κ1) is 15.4. The summed E-state index contributed by atoms with van der Waals surface area (Å²) in [7, 11) is 0. The molecule has 1 aliphatic rings. The Bertz CT molecular complexity index is 240. The van der Waals surface area contributed by atoms with Gasteiger partial charge in [-0.15, -0.1) is 0 Å². The minimum Gasteiger partial charge on any atom is -0.395 e. The Hall–Kier alpha value is -0.610. The smallest absolute Gasteiger partial charge is 0.237 e.